The molecule has 0 N–H and O–H groups in total. The Morgan fingerprint density at radius 2 is 2.06 bits per heavy atom. The van der Waals surface area contributed by atoms with E-state index in [0.717, 1.165) is 40.6 Å². The zero-order valence-corrected chi connectivity index (χ0v) is 10.8. The van der Waals surface area contributed by atoms with Crippen LogP contribution in [0.15, 0.2) is 23.1 Å². The summed E-state index contributed by atoms with van der Waals surface area (Å²) in [6, 6.07) is 5.74. The number of carbonyl (C=O) groups is 2. The van der Waals surface area contributed by atoms with Gasteiger partial charge >= 0.3 is 0 Å². The van der Waals surface area contributed by atoms with Gasteiger partial charge < -0.3 is 4.90 Å². The third-order valence-electron chi connectivity index (χ3n) is 2.80. The standard InChI is InChI=1S/C13H15NO2S/c1-14(2)13(16)17-10-7-6-9-4-3-5-12(15)11(9)8-10/h6-8H,3-5H2,1-2H3. The van der Waals surface area contributed by atoms with Crippen molar-refractivity contribution in [2.24, 2.45) is 0 Å². The van der Waals surface area contributed by atoms with Gasteiger partial charge in [0.1, 0.15) is 0 Å². The van der Waals surface area contributed by atoms with Crippen LogP contribution in [-0.4, -0.2) is 30.0 Å². The summed E-state index contributed by atoms with van der Waals surface area (Å²) in [5.74, 6) is 0.200. The van der Waals surface area contributed by atoms with Gasteiger partial charge in [-0.2, -0.15) is 0 Å². The quantitative estimate of drug-likeness (QED) is 0.718. The summed E-state index contributed by atoms with van der Waals surface area (Å²) in [6.07, 6.45) is 2.53. The first-order valence-corrected chi connectivity index (χ1v) is 6.45. The number of carbonyl (C=O) groups excluding carboxylic acids is 2. The molecule has 2 rings (SSSR count). The predicted molar refractivity (Wildman–Crippen MR) is 68.7 cm³/mol. The number of hydrogen-bond donors (Lipinski definition) is 0. The molecule has 90 valence electrons. The van der Waals surface area contributed by atoms with Crippen LogP contribution in [0.5, 0.6) is 0 Å². The van der Waals surface area contributed by atoms with Gasteiger partial charge in [0.25, 0.3) is 5.24 Å². The van der Waals surface area contributed by atoms with Gasteiger partial charge in [-0.3, -0.25) is 9.59 Å². The minimum Gasteiger partial charge on any atom is -0.339 e. The Bertz CT molecular complexity index is 468. The van der Waals surface area contributed by atoms with Crippen LogP contribution >= 0.6 is 11.8 Å². The second-order valence-corrected chi connectivity index (χ2v) is 5.38. The van der Waals surface area contributed by atoms with Gasteiger partial charge in [-0.05, 0) is 42.3 Å². The lowest BCUT2D eigenvalue weighted by Crippen LogP contribution is -2.16. The molecule has 0 bridgehead atoms. The van der Waals surface area contributed by atoms with Crippen molar-refractivity contribution >= 4 is 22.8 Å². The normalized spacial score (nSPS) is 14.4. The lowest BCUT2D eigenvalue weighted by Gasteiger charge is -2.16. The van der Waals surface area contributed by atoms with Crippen molar-refractivity contribution in [2.45, 2.75) is 24.2 Å². The number of rotatable bonds is 1. The van der Waals surface area contributed by atoms with Crippen molar-refractivity contribution < 1.29 is 9.59 Å². The average molecular weight is 249 g/mol. The van der Waals surface area contributed by atoms with E-state index in [0.29, 0.717) is 6.42 Å². The molecule has 1 aliphatic carbocycles. The van der Waals surface area contributed by atoms with Crippen LogP contribution in [-0.2, 0) is 6.42 Å². The third-order valence-corrected chi connectivity index (χ3v) is 3.83. The molecule has 0 radical (unpaired) electrons. The zero-order chi connectivity index (χ0) is 12.4. The Morgan fingerprint density at radius 3 is 2.76 bits per heavy atom. The Morgan fingerprint density at radius 1 is 1.29 bits per heavy atom. The molecular weight excluding hydrogens is 234 g/mol. The van der Waals surface area contributed by atoms with E-state index in [9.17, 15) is 9.59 Å². The summed E-state index contributed by atoms with van der Waals surface area (Å²) >= 11 is 1.16. The predicted octanol–water partition coefficient (Wildman–Crippen LogP) is 2.98. The molecule has 4 heteroatoms. The monoisotopic (exact) mass is 249 g/mol. The first kappa shape index (κ1) is 12.2. The highest BCUT2D eigenvalue weighted by Gasteiger charge is 2.18. The number of amides is 1. The first-order valence-electron chi connectivity index (χ1n) is 5.63. The second kappa shape index (κ2) is 4.92. The maximum atomic E-state index is 11.8. The van der Waals surface area contributed by atoms with Crippen molar-refractivity contribution in [2.75, 3.05) is 14.1 Å². The van der Waals surface area contributed by atoms with E-state index in [-0.39, 0.29) is 11.0 Å². The van der Waals surface area contributed by atoms with Crippen LogP contribution in [0.25, 0.3) is 0 Å². The summed E-state index contributed by atoms with van der Waals surface area (Å²) in [7, 11) is 3.44. The van der Waals surface area contributed by atoms with Crippen LogP contribution in [0.1, 0.15) is 28.8 Å². The summed E-state index contributed by atoms with van der Waals surface area (Å²) < 4.78 is 0. The smallest absolute Gasteiger partial charge is 0.285 e. The van der Waals surface area contributed by atoms with Gasteiger partial charge in [-0.25, -0.2) is 0 Å². The highest BCUT2D eigenvalue weighted by Crippen LogP contribution is 2.27. The minimum absolute atomic E-state index is 0.0202. The average Bonchev–Trinajstić information content (AvgIpc) is 2.30. The van der Waals surface area contributed by atoms with Crippen LogP contribution in [0.2, 0.25) is 0 Å². The zero-order valence-electron chi connectivity index (χ0n) is 10.0. The number of nitrogens with zero attached hydrogens (tertiary/aromatic N) is 1. The molecule has 0 fully saturated rings. The number of ketones is 1. The van der Waals surface area contributed by atoms with E-state index in [2.05, 4.69) is 0 Å². The van der Waals surface area contributed by atoms with Crippen molar-refractivity contribution in [1.82, 2.24) is 4.90 Å². The van der Waals surface area contributed by atoms with Gasteiger partial charge in [0.05, 0.1) is 0 Å². The molecule has 0 heterocycles. The van der Waals surface area contributed by atoms with Crippen molar-refractivity contribution in [1.29, 1.82) is 0 Å². The van der Waals surface area contributed by atoms with Gasteiger partial charge in [0.15, 0.2) is 5.78 Å². The molecule has 1 aliphatic rings. The van der Waals surface area contributed by atoms with E-state index in [1.165, 1.54) is 4.90 Å². The van der Waals surface area contributed by atoms with Gasteiger partial charge in [-0.15, -0.1) is 0 Å². The molecule has 1 aromatic rings. The number of fused-ring (bicyclic) bond motifs is 1. The minimum atomic E-state index is -0.0202. The van der Waals surface area contributed by atoms with Gasteiger partial charge in [0.2, 0.25) is 0 Å². The Balaban J connectivity index is 2.24. The SMILES string of the molecule is CN(C)C(=O)Sc1ccc2c(c1)C(=O)CCC2. The topological polar surface area (TPSA) is 37.4 Å². The summed E-state index contributed by atoms with van der Waals surface area (Å²) in [4.78, 5) is 25.7. The highest BCUT2D eigenvalue weighted by atomic mass is 32.2. The highest BCUT2D eigenvalue weighted by molar-refractivity contribution is 8.13. The van der Waals surface area contributed by atoms with Crippen LogP contribution in [0.4, 0.5) is 4.79 Å². The molecule has 0 saturated heterocycles. The molecule has 1 amide bonds. The summed E-state index contributed by atoms with van der Waals surface area (Å²) in [5, 5.41) is -0.0202. The molecule has 0 atom stereocenters. The Hall–Kier alpha value is -1.29. The fourth-order valence-corrected chi connectivity index (χ4v) is 2.56. The van der Waals surface area contributed by atoms with E-state index >= 15 is 0 Å². The van der Waals surface area contributed by atoms with Crippen molar-refractivity contribution in [3.05, 3.63) is 29.3 Å². The summed E-state index contributed by atoms with van der Waals surface area (Å²) in [6.45, 7) is 0. The molecule has 1 aromatic carbocycles. The number of hydrogen-bond acceptors (Lipinski definition) is 3. The third kappa shape index (κ3) is 2.69. The molecule has 3 nitrogen and oxygen atoms in total. The van der Waals surface area contributed by atoms with Crippen molar-refractivity contribution in [3.8, 4) is 0 Å². The molecule has 0 spiro atoms. The number of Topliss-reactive ketones (excluding diaryl/α,β-unsaturated/α-hetero) is 1. The van der Waals surface area contributed by atoms with Crippen LogP contribution in [0.3, 0.4) is 0 Å². The second-order valence-electron chi connectivity index (χ2n) is 4.36. The van der Waals surface area contributed by atoms with E-state index < -0.39 is 0 Å². The van der Waals surface area contributed by atoms with E-state index in [1.807, 2.05) is 18.2 Å². The molecule has 0 unspecified atom stereocenters. The van der Waals surface area contributed by atoms with E-state index in [1.54, 1.807) is 14.1 Å². The molecular formula is C13H15NO2S. The van der Waals surface area contributed by atoms with Gasteiger partial charge in [-0.1, -0.05) is 6.07 Å². The number of thioether (sulfide) groups is 1. The van der Waals surface area contributed by atoms with E-state index in [4.69, 9.17) is 0 Å². The number of aryl methyl sites for hydroxylation is 1. The molecule has 0 saturated carbocycles. The molecule has 0 aromatic heterocycles. The Kier molecular flexibility index (Phi) is 3.52. The molecule has 0 aliphatic heterocycles. The Labute approximate surface area is 105 Å². The fourth-order valence-electron chi connectivity index (χ4n) is 1.86. The van der Waals surface area contributed by atoms with Crippen LogP contribution in [0, 0.1) is 0 Å². The maximum Gasteiger partial charge on any atom is 0.285 e. The summed E-state index contributed by atoms with van der Waals surface area (Å²) in [5.41, 5.74) is 1.91. The largest absolute Gasteiger partial charge is 0.339 e. The van der Waals surface area contributed by atoms with Crippen molar-refractivity contribution in [3.63, 3.8) is 0 Å². The number of benzene rings is 1. The first-order chi connectivity index (χ1) is 8.08. The van der Waals surface area contributed by atoms with Gasteiger partial charge in [0, 0.05) is 31.0 Å². The lowest BCUT2D eigenvalue weighted by atomic mass is 9.91. The maximum absolute atomic E-state index is 11.8. The van der Waals surface area contributed by atoms with Crippen LogP contribution < -0.4 is 0 Å². The fraction of sp³-hybridized carbons (Fsp3) is 0.385. The molecule has 17 heavy (non-hydrogen) atoms. The lowest BCUT2D eigenvalue weighted by molar-refractivity contribution is 0.0972.